The van der Waals surface area contributed by atoms with Crippen LogP contribution >= 0.6 is 0 Å². The highest BCUT2D eigenvalue weighted by Gasteiger charge is 2.19. The van der Waals surface area contributed by atoms with Crippen LogP contribution in [0.1, 0.15) is 36.8 Å². The number of nitrogens with zero attached hydrogens (tertiary/aromatic N) is 2. The van der Waals surface area contributed by atoms with Crippen LogP contribution in [0.2, 0.25) is 0 Å². The smallest absolute Gasteiger partial charge is 0.340 e. The van der Waals surface area contributed by atoms with Crippen molar-refractivity contribution in [2.45, 2.75) is 33.3 Å². The summed E-state index contributed by atoms with van der Waals surface area (Å²) < 4.78 is 10.2. The average Bonchev–Trinajstić information content (AvgIpc) is 2.57. The SMILES string of the molecule is Cc1noc2ncc(C(=O)OC(C)(C)C)cc12. The molecule has 17 heavy (non-hydrogen) atoms. The molecule has 90 valence electrons. The van der Waals surface area contributed by atoms with E-state index in [9.17, 15) is 4.79 Å². The summed E-state index contributed by atoms with van der Waals surface area (Å²) in [6.45, 7) is 7.26. The van der Waals surface area contributed by atoms with Gasteiger partial charge in [0.1, 0.15) is 5.60 Å². The topological polar surface area (TPSA) is 65.2 Å². The largest absolute Gasteiger partial charge is 0.456 e. The van der Waals surface area contributed by atoms with Crippen LogP contribution < -0.4 is 0 Å². The van der Waals surface area contributed by atoms with E-state index in [2.05, 4.69) is 10.1 Å². The maximum absolute atomic E-state index is 11.8. The van der Waals surface area contributed by atoms with E-state index in [1.165, 1.54) is 6.20 Å². The molecule has 2 rings (SSSR count). The molecule has 0 amide bonds. The van der Waals surface area contributed by atoms with Gasteiger partial charge in [-0.1, -0.05) is 5.16 Å². The number of carbonyl (C=O) groups is 1. The van der Waals surface area contributed by atoms with Crippen LogP contribution in [0.5, 0.6) is 0 Å². The predicted octanol–water partition coefficient (Wildman–Crippen LogP) is 2.49. The van der Waals surface area contributed by atoms with Crippen LogP contribution in [0.4, 0.5) is 0 Å². The molecule has 0 spiro atoms. The van der Waals surface area contributed by atoms with Crippen LogP contribution in [-0.2, 0) is 4.74 Å². The Balaban J connectivity index is 2.36. The number of hydrogen-bond acceptors (Lipinski definition) is 5. The molecule has 5 heteroatoms. The third-order valence-corrected chi connectivity index (χ3v) is 2.14. The van der Waals surface area contributed by atoms with Gasteiger partial charge in [-0.2, -0.15) is 0 Å². The number of aryl methyl sites for hydroxylation is 1. The van der Waals surface area contributed by atoms with Gasteiger partial charge in [-0.25, -0.2) is 9.78 Å². The molecule has 0 aliphatic rings. The highest BCUT2D eigenvalue weighted by atomic mass is 16.6. The van der Waals surface area contributed by atoms with E-state index in [0.717, 1.165) is 5.39 Å². The van der Waals surface area contributed by atoms with E-state index in [-0.39, 0.29) is 0 Å². The summed E-state index contributed by atoms with van der Waals surface area (Å²) in [6.07, 6.45) is 1.43. The first-order chi connectivity index (χ1) is 7.87. The Morgan fingerprint density at radius 1 is 1.41 bits per heavy atom. The van der Waals surface area contributed by atoms with E-state index in [0.29, 0.717) is 17.0 Å². The van der Waals surface area contributed by atoms with Gasteiger partial charge < -0.3 is 9.26 Å². The molecule has 0 bridgehead atoms. The van der Waals surface area contributed by atoms with E-state index in [4.69, 9.17) is 9.26 Å². The Bertz CT molecular complexity index is 567. The summed E-state index contributed by atoms with van der Waals surface area (Å²) in [5, 5.41) is 4.51. The minimum Gasteiger partial charge on any atom is -0.456 e. The molecular weight excluding hydrogens is 220 g/mol. The van der Waals surface area contributed by atoms with Gasteiger partial charge in [0.15, 0.2) is 0 Å². The highest BCUT2D eigenvalue weighted by Crippen LogP contribution is 2.18. The molecule has 0 atom stereocenters. The first-order valence-corrected chi connectivity index (χ1v) is 5.32. The molecule has 0 N–H and O–H groups in total. The molecule has 2 heterocycles. The third-order valence-electron chi connectivity index (χ3n) is 2.14. The van der Waals surface area contributed by atoms with Crippen LogP contribution in [-0.4, -0.2) is 21.7 Å². The fraction of sp³-hybridized carbons (Fsp3) is 0.417. The Morgan fingerprint density at radius 2 is 2.12 bits per heavy atom. The van der Waals surface area contributed by atoms with E-state index in [1.807, 2.05) is 20.8 Å². The summed E-state index contributed by atoms with van der Waals surface area (Å²) in [4.78, 5) is 15.8. The van der Waals surface area contributed by atoms with Crippen molar-refractivity contribution in [2.24, 2.45) is 0 Å². The van der Waals surface area contributed by atoms with Crippen LogP contribution in [0.25, 0.3) is 11.1 Å². The Morgan fingerprint density at radius 3 is 2.76 bits per heavy atom. The van der Waals surface area contributed by atoms with Crippen molar-refractivity contribution in [1.82, 2.24) is 10.1 Å². The van der Waals surface area contributed by atoms with Gasteiger partial charge in [0, 0.05) is 6.20 Å². The van der Waals surface area contributed by atoms with Crippen molar-refractivity contribution in [3.05, 3.63) is 23.5 Å². The zero-order valence-electron chi connectivity index (χ0n) is 10.3. The van der Waals surface area contributed by atoms with Crippen molar-refractivity contribution < 1.29 is 14.1 Å². The van der Waals surface area contributed by atoms with Gasteiger partial charge >= 0.3 is 5.97 Å². The van der Waals surface area contributed by atoms with Crippen LogP contribution in [0.3, 0.4) is 0 Å². The molecule has 0 fully saturated rings. The maximum Gasteiger partial charge on any atom is 0.340 e. The fourth-order valence-corrected chi connectivity index (χ4v) is 1.39. The zero-order valence-corrected chi connectivity index (χ0v) is 10.3. The van der Waals surface area contributed by atoms with Crippen molar-refractivity contribution in [2.75, 3.05) is 0 Å². The number of hydrogen-bond donors (Lipinski definition) is 0. The summed E-state index contributed by atoms with van der Waals surface area (Å²) in [7, 11) is 0. The summed E-state index contributed by atoms with van der Waals surface area (Å²) in [5.74, 6) is -0.396. The molecule has 0 saturated heterocycles. The van der Waals surface area contributed by atoms with Gasteiger partial charge in [-0.15, -0.1) is 0 Å². The monoisotopic (exact) mass is 234 g/mol. The molecule has 0 aliphatic carbocycles. The summed E-state index contributed by atoms with van der Waals surface area (Å²) >= 11 is 0. The second-order valence-electron chi connectivity index (χ2n) is 4.85. The molecule has 0 unspecified atom stereocenters. The molecule has 2 aromatic heterocycles. The van der Waals surface area contributed by atoms with E-state index in [1.54, 1.807) is 13.0 Å². The van der Waals surface area contributed by atoms with Crippen LogP contribution in [0.15, 0.2) is 16.8 Å². The fourth-order valence-electron chi connectivity index (χ4n) is 1.39. The lowest BCUT2D eigenvalue weighted by Crippen LogP contribution is -2.23. The highest BCUT2D eigenvalue weighted by molar-refractivity contribution is 5.93. The van der Waals surface area contributed by atoms with E-state index < -0.39 is 11.6 Å². The van der Waals surface area contributed by atoms with Gasteiger partial charge in [0.25, 0.3) is 5.71 Å². The van der Waals surface area contributed by atoms with Gasteiger partial charge in [0.2, 0.25) is 0 Å². The Labute approximate surface area is 98.8 Å². The standard InChI is InChI=1S/C12H14N2O3/c1-7-9-5-8(6-13-10(9)17-14-7)11(15)16-12(2,3)4/h5-6H,1-4H3. The first kappa shape index (κ1) is 11.6. The number of esters is 1. The quantitative estimate of drug-likeness (QED) is 0.709. The lowest BCUT2D eigenvalue weighted by Gasteiger charge is -2.19. The average molecular weight is 234 g/mol. The number of carbonyl (C=O) groups excluding carboxylic acids is 1. The van der Waals surface area contributed by atoms with Gasteiger partial charge in [-0.05, 0) is 33.8 Å². The molecule has 0 aliphatic heterocycles. The molecule has 2 aromatic rings. The summed E-state index contributed by atoms with van der Waals surface area (Å²) in [5.41, 5.74) is 1.02. The number of aromatic nitrogens is 2. The van der Waals surface area contributed by atoms with Crippen molar-refractivity contribution in [3.63, 3.8) is 0 Å². The molecule has 0 saturated carbocycles. The lowest BCUT2D eigenvalue weighted by molar-refractivity contribution is 0.00693. The van der Waals surface area contributed by atoms with Gasteiger partial charge in [-0.3, -0.25) is 0 Å². The number of fused-ring (bicyclic) bond motifs is 1. The first-order valence-electron chi connectivity index (χ1n) is 5.32. The van der Waals surface area contributed by atoms with E-state index >= 15 is 0 Å². The summed E-state index contributed by atoms with van der Waals surface area (Å²) in [6, 6.07) is 1.68. The number of pyridine rings is 1. The van der Waals surface area contributed by atoms with Crippen molar-refractivity contribution >= 4 is 17.1 Å². The molecule has 0 radical (unpaired) electrons. The van der Waals surface area contributed by atoms with Gasteiger partial charge in [0.05, 0.1) is 16.6 Å². The van der Waals surface area contributed by atoms with Crippen molar-refractivity contribution in [1.29, 1.82) is 0 Å². The number of ether oxygens (including phenoxy) is 1. The molecular formula is C12H14N2O3. The third kappa shape index (κ3) is 2.43. The van der Waals surface area contributed by atoms with Crippen LogP contribution in [0, 0.1) is 6.92 Å². The molecule has 0 aromatic carbocycles. The minimum atomic E-state index is -0.518. The lowest BCUT2D eigenvalue weighted by atomic mass is 10.1. The maximum atomic E-state index is 11.8. The zero-order chi connectivity index (χ0) is 12.6. The van der Waals surface area contributed by atoms with Crippen molar-refractivity contribution in [3.8, 4) is 0 Å². The Kier molecular flexibility index (Phi) is 2.61. The second-order valence-corrected chi connectivity index (χ2v) is 4.85. The predicted molar refractivity (Wildman–Crippen MR) is 61.7 cm³/mol. The Hall–Kier alpha value is -1.91. The normalized spacial score (nSPS) is 11.8. The molecule has 5 nitrogen and oxygen atoms in total. The minimum absolute atomic E-state index is 0.396. The number of rotatable bonds is 1. The second kappa shape index (κ2) is 3.84.